The summed E-state index contributed by atoms with van der Waals surface area (Å²) in [7, 11) is 0. The number of carbonyl (C=O) groups excluding carboxylic acids is 2. The minimum Gasteiger partial charge on any atom is -0.481 e. The summed E-state index contributed by atoms with van der Waals surface area (Å²) < 4.78 is 31.9. The van der Waals surface area contributed by atoms with Crippen molar-refractivity contribution in [3.63, 3.8) is 0 Å². The first-order valence-corrected chi connectivity index (χ1v) is 8.22. The van der Waals surface area contributed by atoms with Gasteiger partial charge in [0.1, 0.15) is 17.4 Å². The Bertz CT molecular complexity index is 811. The second-order valence-electron chi connectivity index (χ2n) is 6.16. The molecule has 3 unspecified atom stereocenters. The summed E-state index contributed by atoms with van der Waals surface area (Å²) in [6, 6.07) is 11.6. The van der Waals surface area contributed by atoms with Crippen molar-refractivity contribution in [1.29, 1.82) is 0 Å². The summed E-state index contributed by atoms with van der Waals surface area (Å²) in [5.74, 6) is -1.89. The first kappa shape index (κ1) is 17.8. The van der Waals surface area contributed by atoms with Gasteiger partial charge >= 0.3 is 0 Å². The third kappa shape index (κ3) is 4.17. The molecule has 0 radical (unpaired) electrons. The van der Waals surface area contributed by atoms with Gasteiger partial charge in [0.15, 0.2) is 6.10 Å². The molecule has 0 aromatic heterocycles. The normalized spacial score (nSPS) is 19.3. The van der Waals surface area contributed by atoms with Crippen LogP contribution in [0, 0.1) is 17.6 Å². The summed E-state index contributed by atoms with van der Waals surface area (Å²) in [5.41, 5.74) is 5.14. The van der Waals surface area contributed by atoms with Crippen molar-refractivity contribution in [1.82, 2.24) is 10.9 Å². The van der Waals surface area contributed by atoms with E-state index in [-0.39, 0.29) is 23.6 Å². The second-order valence-corrected chi connectivity index (χ2v) is 6.16. The highest BCUT2D eigenvalue weighted by molar-refractivity contribution is 5.87. The zero-order chi connectivity index (χ0) is 18.7. The minimum absolute atomic E-state index is 0.180. The van der Waals surface area contributed by atoms with Crippen LogP contribution < -0.4 is 15.6 Å². The second kappa shape index (κ2) is 7.51. The van der Waals surface area contributed by atoms with Gasteiger partial charge in [0, 0.05) is 5.92 Å². The van der Waals surface area contributed by atoms with Gasteiger partial charge < -0.3 is 4.74 Å². The molecule has 3 atom stereocenters. The summed E-state index contributed by atoms with van der Waals surface area (Å²) in [6.07, 6.45) is -0.355. The molecule has 1 fully saturated rings. The Morgan fingerprint density at radius 1 is 1.08 bits per heavy atom. The molecular weight excluding hydrogens is 342 g/mol. The van der Waals surface area contributed by atoms with Gasteiger partial charge in [-0.1, -0.05) is 18.2 Å². The monoisotopic (exact) mass is 360 g/mol. The average Bonchev–Trinajstić information content (AvgIpc) is 3.42. The Labute approximate surface area is 149 Å². The van der Waals surface area contributed by atoms with Crippen molar-refractivity contribution in [3.8, 4) is 5.75 Å². The Morgan fingerprint density at radius 3 is 2.46 bits per heavy atom. The van der Waals surface area contributed by atoms with E-state index in [1.807, 2.05) is 0 Å². The number of ether oxygens (including phenoxy) is 1. The van der Waals surface area contributed by atoms with E-state index in [0.717, 1.165) is 0 Å². The standard InChI is InChI=1S/C19H18F2N2O3/c1-11(26-13-8-6-12(20)7-9-13)18(24)22-23-19(25)16-10-15(16)14-4-2-3-5-17(14)21/h2-9,11,15-16H,10H2,1H3,(H,22,24)(H,23,25). The van der Waals surface area contributed by atoms with Crippen molar-refractivity contribution in [2.45, 2.75) is 25.4 Å². The maximum Gasteiger partial charge on any atom is 0.279 e. The fourth-order valence-corrected chi connectivity index (χ4v) is 2.69. The Morgan fingerprint density at radius 2 is 1.77 bits per heavy atom. The largest absolute Gasteiger partial charge is 0.481 e. The quantitative estimate of drug-likeness (QED) is 0.806. The number of benzene rings is 2. The Hall–Kier alpha value is -2.96. The fraction of sp³-hybridized carbons (Fsp3) is 0.263. The number of amides is 2. The number of hydrazine groups is 1. The molecule has 0 aliphatic heterocycles. The predicted octanol–water partition coefficient (Wildman–Crippen LogP) is 2.68. The molecule has 7 heteroatoms. The first-order valence-electron chi connectivity index (χ1n) is 8.22. The molecule has 3 rings (SSSR count). The molecule has 2 amide bonds. The number of hydrogen-bond acceptors (Lipinski definition) is 3. The van der Waals surface area contributed by atoms with E-state index in [4.69, 9.17) is 4.74 Å². The summed E-state index contributed by atoms with van der Waals surface area (Å²) in [4.78, 5) is 24.1. The van der Waals surface area contributed by atoms with E-state index in [1.54, 1.807) is 18.2 Å². The van der Waals surface area contributed by atoms with Gasteiger partial charge in [-0.15, -0.1) is 0 Å². The molecule has 1 aliphatic rings. The van der Waals surface area contributed by atoms with Gasteiger partial charge in [-0.25, -0.2) is 8.78 Å². The van der Waals surface area contributed by atoms with Gasteiger partial charge in [-0.2, -0.15) is 0 Å². The van der Waals surface area contributed by atoms with Crippen molar-refractivity contribution in [2.75, 3.05) is 0 Å². The summed E-state index contributed by atoms with van der Waals surface area (Å²) >= 11 is 0. The average molecular weight is 360 g/mol. The lowest BCUT2D eigenvalue weighted by atomic mass is 10.1. The minimum atomic E-state index is -0.887. The lowest BCUT2D eigenvalue weighted by molar-refractivity contribution is -0.133. The molecule has 136 valence electrons. The van der Waals surface area contributed by atoms with Crippen molar-refractivity contribution < 1.29 is 23.1 Å². The smallest absolute Gasteiger partial charge is 0.279 e. The van der Waals surface area contributed by atoms with E-state index in [9.17, 15) is 18.4 Å². The Kier molecular flexibility index (Phi) is 5.16. The van der Waals surface area contributed by atoms with Crippen LogP contribution in [-0.4, -0.2) is 17.9 Å². The van der Waals surface area contributed by atoms with E-state index in [0.29, 0.717) is 17.7 Å². The molecule has 5 nitrogen and oxygen atoms in total. The van der Waals surface area contributed by atoms with Crippen LogP contribution in [0.15, 0.2) is 48.5 Å². The molecule has 2 N–H and O–H groups in total. The third-order valence-electron chi connectivity index (χ3n) is 4.24. The van der Waals surface area contributed by atoms with Gasteiger partial charge in [0.05, 0.1) is 0 Å². The molecule has 0 heterocycles. The van der Waals surface area contributed by atoms with Crippen molar-refractivity contribution in [2.24, 2.45) is 5.92 Å². The maximum atomic E-state index is 13.7. The highest BCUT2D eigenvalue weighted by Crippen LogP contribution is 2.48. The topological polar surface area (TPSA) is 67.4 Å². The van der Waals surface area contributed by atoms with Gasteiger partial charge in [0.25, 0.3) is 5.91 Å². The van der Waals surface area contributed by atoms with Crippen LogP contribution in [0.3, 0.4) is 0 Å². The van der Waals surface area contributed by atoms with E-state index in [2.05, 4.69) is 10.9 Å². The maximum absolute atomic E-state index is 13.7. The van der Waals surface area contributed by atoms with Crippen LogP contribution >= 0.6 is 0 Å². The van der Waals surface area contributed by atoms with E-state index in [1.165, 1.54) is 37.3 Å². The first-order chi connectivity index (χ1) is 12.5. The van der Waals surface area contributed by atoms with Crippen molar-refractivity contribution >= 4 is 11.8 Å². The summed E-state index contributed by atoms with van der Waals surface area (Å²) in [6.45, 7) is 1.50. The van der Waals surface area contributed by atoms with Gasteiger partial charge in [0.2, 0.25) is 5.91 Å². The molecule has 1 saturated carbocycles. The van der Waals surface area contributed by atoms with Crippen LogP contribution in [-0.2, 0) is 9.59 Å². The highest BCUT2D eigenvalue weighted by atomic mass is 19.1. The van der Waals surface area contributed by atoms with Crippen LogP contribution in [0.5, 0.6) is 5.75 Å². The lowest BCUT2D eigenvalue weighted by Crippen LogP contribution is -2.47. The number of carbonyl (C=O) groups is 2. The highest BCUT2D eigenvalue weighted by Gasteiger charge is 2.45. The van der Waals surface area contributed by atoms with Crippen LogP contribution in [0.2, 0.25) is 0 Å². The SMILES string of the molecule is CC(Oc1ccc(F)cc1)C(=O)NNC(=O)C1CC1c1ccccc1F. The van der Waals surface area contributed by atoms with Gasteiger partial charge in [-0.05, 0) is 55.2 Å². The molecular formula is C19H18F2N2O3. The summed E-state index contributed by atoms with van der Waals surface area (Å²) in [5, 5.41) is 0. The molecule has 1 aliphatic carbocycles. The van der Waals surface area contributed by atoms with Crippen LogP contribution in [0.4, 0.5) is 8.78 Å². The van der Waals surface area contributed by atoms with Crippen LogP contribution in [0.25, 0.3) is 0 Å². The van der Waals surface area contributed by atoms with Crippen molar-refractivity contribution in [3.05, 3.63) is 65.7 Å². The fourth-order valence-electron chi connectivity index (χ4n) is 2.69. The third-order valence-corrected chi connectivity index (χ3v) is 4.24. The molecule has 26 heavy (non-hydrogen) atoms. The zero-order valence-electron chi connectivity index (χ0n) is 14.0. The van der Waals surface area contributed by atoms with E-state index < -0.39 is 17.8 Å². The number of hydrogen-bond donors (Lipinski definition) is 2. The van der Waals surface area contributed by atoms with Crippen LogP contribution in [0.1, 0.15) is 24.8 Å². The molecule has 0 bridgehead atoms. The zero-order valence-corrected chi connectivity index (χ0v) is 14.0. The number of nitrogens with one attached hydrogen (secondary N) is 2. The molecule has 2 aromatic rings. The number of rotatable bonds is 5. The molecule has 0 saturated heterocycles. The lowest BCUT2D eigenvalue weighted by Gasteiger charge is -2.15. The van der Waals surface area contributed by atoms with Gasteiger partial charge in [-0.3, -0.25) is 20.4 Å². The molecule has 0 spiro atoms. The number of halogens is 2. The Balaban J connectivity index is 1.46. The predicted molar refractivity (Wildman–Crippen MR) is 90.0 cm³/mol. The molecule has 2 aromatic carbocycles. The van der Waals surface area contributed by atoms with E-state index >= 15 is 0 Å².